The molecule has 0 radical (unpaired) electrons. The normalized spacial score (nSPS) is 14.4. The van der Waals surface area contributed by atoms with E-state index >= 15 is 0 Å². The van der Waals surface area contributed by atoms with Crippen LogP contribution in [-0.2, 0) is 25.7 Å². The number of benzene rings is 1. The summed E-state index contributed by atoms with van der Waals surface area (Å²) in [6, 6.07) is 9.69. The summed E-state index contributed by atoms with van der Waals surface area (Å²) in [7, 11) is 1.62. The summed E-state index contributed by atoms with van der Waals surface area (Å²) in [5.41, 5.74) is 3.92. The van der Waals surface area contributed by atoms with Gasteiger partial charge in [-0.05, 0) is 29.8 Å². The van der Waals surface area contributed by atoms with Crippen LogP contribution in [0.25, 0.3) is 11.3 Å². The molecular weight excluding hydrogens is 461 g/mol. The monoisotopic (exact) mass is 478 g/mol. The molecule has 156 valence electrons. The maximum Gasteiger partial charge on any atom is 0.451 e. The molecule has 0 spiro atoms. The molecule has 0 saturated carbocycles. The number of fused-ring (bicyclic) bond motifs is 1. The van der Waals surface area contributed by atoms with E-state index in [1.54, 1.807) is 7.11 Å². The minimum atomic E-state index is -4.52. The summed E-state index contributed by atoms with van der Waals surface area (Å²) < 4.78 is 44.7. The molecule has 5 nitrogen and oxygen atoms in total. The Kier molecular flexibility index (Phi) is 5.75. The number of pyridine rings is 1. The Bertz CT molecular complexity index is 1060. The predicted molar refractivity (Wildman–Crippen MR) is 109 cm³/mol. The van der Waals surface area contributed by atoms with E-state index in [1.165, 1.54) is 6.20 Å². The summed E-state index contributed by atoms with van der Waals surface area (Å²) in [6.07, 6.45) is -0.953. The van der Waals surface area contributed by atoms with Crippen molar-refractivity contribution in [2.24, 2.45) is 0 Å². The van der Waals surface area contributed by atoms with Gasteiger partial charge in [0.15, 0.2) is 0 Å². The first kappa shape index (κ1) is 20.7. The van der Waals surface area contributed by atoms with Crippen LogP contribution in [0.15, 0.2) is 47.2 Å². The van der Waals surface area contributed by atoms with Crippen molar-refractivity contribution in [3.8, 4) is 17.0 Å². The molecule has 30 heavy (non-hydrogen) atoms. The van der Waals surface area contributed by atoms with Crippen LogP contribution in [0.5, 0.6) is 5.75 Å². The van der Waals surface area contributed by atoms with Crippen molar-refractivity contribution in [1.29, 1.82) is 0 Å². The topological polar surface area (TPSA) is 51.1 Å². The van der Waals surface area contributed by atoms with E-state index in [9.17, 15) is 13.2 Å². The van der Waals surface area contributed by atoms with Crippen LogP contribution in [0.1, 0.15) is 22.6 Å². The van der Waals surface area contributed by atoms with E-state index in [2.05, 4.69) is 35.8 Å². The van der Waals surface area contributed by atoms with Crippen LogP contribution in [0.3, 0.4) is 0 Å². The fourth-order valence-corrected chi connectivity index (χ4v) is 3.82. The van der Waals surface area contributed by atoms with Crippen molar-refractivity contribution < 1.29 is 17.9 Å². The van der Waals surface area contributed by atoms with E-state index < -0.39 is 12.0 Å². The minimum Gasteiger partial charge on any atom is -0.496 e. The Hall–Kier alpha value is -2.52. The molecule has 0 unspecified atom stereocenters. The zero-order chi connectivity index (χ0) is 21.3. The van der Waals surface area contributed by atoms with Gasteiger partial charge in [-0.3, -0.25) is 9.88 Å². The number of methoxy groups -OCH3 is 1. The number of halogens is 4. The SMILES string of the molecule is COc1ccc(Br)cc1-c1ccc(CN2CCc3nc(C(F)(F)F)ncc3C2)cn1. The largest absolute Gasteiger partial charge is 0.496 e. The van der Waals surface area contributed by atoms with Crippen molar-refractivity contribution in [3.63, 3.8) is 0 Å². The van der Waals surface area contributed by atoms with Gasteiger partial charge >= 0.3 is 6.18 Å². The van der Waals surface area contributed by atoms with Crippen molar-refractivity contribution in [3.05, 3.63) is 69.8 Å². The highest BCUT2D eigenvalue weighted by molar-refractivity contribution is 9.10. The summed E-state index contributed by atoms with van der Waals surface area (Å²) in [5.74, 6) is -0.332. The molecule has 0 fully saturated rings. The second-order valence-corrected chi connectivity index (χ2v) is 7.94. The summed E-state index contributed by atoms with van der Waals surface area (Å²) in [6.45, 7) is 1.78. The lowest BCUT2D eigenvalue weighted by atomic mass is 10.1. The van der Waals surface area contributed by atoms with Crippen LogP contribution in [0.2, 0.25) is 0 Å². The van der Waals surface area contributed by atoms with Gasteiger partial charge in [0.25, 0.3) is 0 Å². The molecule has 1 aliphatic heterocycles. The van der Waals surface area contributed by atoms with Crippen LogP contribution in [0, 0.1) is 0 Å². The molecule has 3 heterocycles. The highest BCUT2D eigenvalue weighted by Gasteiger charge is 2.35. The van der Waals surface area contributed by atoms with Crippen LogP contribution >= 0.6 is 15.9 Å². The molecule has 0 bridgehead atoms. The lowest BCUT2D eigenvalue weighted by Crippen LogP contribution is -2.31. The smallest absolute Gasteiger partial charge is 0.451 e. The highest BCUT2D eigenvalue weighted by Crippen LogP contribution is 2.32. The molecule has 0 saturated heterocycles. The zero-order valence-electron chi connectivity index (χ0n) is 16.1. The first-order valence-corrected chi connectivity index (χ1v) is 10.1. The molecule has 0 atom stereocenters. The van der Waals surface area contributed by atoms with Crippen molar-refractivity contribution >= 4 is 15.9 Å². The first-order valence-electron chi connectivity index (χ1n) is 9.26. The van der Waals surface area contributed by atoms with E-state index in [-0.39, 0.29) is 0 Å². The van der Waals surface area contributed by atoms with Gasteiger partial charge in [0.05, 0.1) is 18.5 Å². The fraction of sp³-hybridized carbons (Fsp3) is 0.286. The number of rotatable bonds is 4. The van der Waals surface area contributed by atoms with Gasteiger partial charge in [0.1, 0.15) is 5.75 Å². The Morgan fingerprint density at radius 2 is 1.97 bits per heavy atom. The number of nitrogens with zero attached hydrogens (tertiary/aromatic N) is 4. The zero-order valence-corrected chi connectivity index (χ0v) is 17.7. The summed E-state index contributed by atoms with van der Waals surface area (Å²) in [4.78, 5) is 13.9. The Labute approximate surface area is 180 Å². The predicted octanol–water partition coefficient (Wildman–Crippen LogP) is 4.89. The van der Waals surface area contributed by atoms with Gasteiger partial charge in [-0.1, -0.05) is 22.0 Å². The maximum absolute atomic E-state index is 12.8. The molecule has 3 aromatic rings. The van der Waals surface area contributed by atoms with Crippen LogP contribution < -0.4 is 4.74 Å². The number of aromatic nitrogens is 3. The summed E-state index contributed by atoms with van der Waals surface area (Å²) in [5, 5.41) is 0. The van der Waals surface area contributed by atoms with Gasteiger partial charge in [-0.25, -0.2) is 9.97 Å². The Balaban J connectivity index is 1.47. The second kappa shape index (κ2) is 8.31. The average Bonchev–Trinajstić information content (AvgIpc) is 2.73. The van der Waals surface area contributed by atoms with E-state index in [1.807, 2.05) is 36.5 Å². The van der Waals surface area contributed by atoms with Crippen molar-refractivity contribution in [2.45, 2.75) is 25.7 Å². The van der Waals surface area contributed by atoms with Gasteiger partial charge in [0, 0.05) is 54.0 Å². The summed E-state index contributed by atoms with van der Waals surface area (Å²) >= 11 is 3.47. The molecular formula is C21H18BrF3N4O. The third kappa shape index (κ3) is 4.46. The maximum atomic E-state index is 12.8. The second-order valence-electron chi connectivity index (χ2n) is 7.02. The van der Waals surface area contributed by atoms with Gasteiger partial charge in [-0.15, -0.1) is 0 Å². The fourth-order valence-electron chi connectivity index (χ4n) is 3.46. The lowest BCUT2D eigenvalue weighted by Gasteiger charge is -2.28. The van der Waals surface area contributed by atoms with E-state index in [0.717, 1.165) is 32.6 Å². The molecule has 9 heteroatoms. The quantitative estimate of drug-likeness (QED) is 0.534. The number of hydrogen-bond acceptors (Lipinski definition) is 5. The lowest BCUT2D eigenvalue weighted by molar-refractivity contribution is -0.145. The van der Waals surface area contributed by atoms with E-state index in [4.69, 9.17) is 4.74 Å². The van der Waals surface area contributed by atoms with Gasteiger partial charge in [-0.2, -0.15) is 13.2 Å². The number of hydrogen-bond donors (Lipinski definition) is 0. The Morgan fingerprint density at radius 1 is 1.13 bits per heavy atom. The van der Waals surface area contributed by atoms with E-state index in [0.29, 0.717) is 31.7 Å². The van der Waals surface area contributed by atoms with Crippen molar-refractivity contribution in [2.75, 3.05) is 13.7 Å². The average molecular weight is 479 g/mol. The molecule has 0 aliphatic carbocycles. The molecule has 1 aliphatic rings. The molecule has 4 rings (SSSR count). The van der Waals surface area contributed by atoms with Crippen LogP contribution in [-0.4, -0.2) is 33.5 Å². The third-order valence-electron chi connectivity index (χ3n) is 4.93. The third-order valence-corrected chi connectivity index (χ3v) is 5.43. The molecule has 2 aromatic heterocycles. The minimum absolute atomic E-state index is 0.460. The van der Waals surface area contributed by atoms with Crippen molar-refractivity contribution in [1.82, 2.24) is 19.9 Å². The van der Waals surface area contributed by atoms with Crippen LogP contribution in [0.4, 0.5) is 13.2 Å². The number of ether oxygens (including phenoxy) is 1. The van der Waals surface area contributed by atoms with Gasteiger partial charge < -0.3 is 4.74 Å². The number of alkyl halides is 3. The first-order chi connectivity index (χ1) is 14.3. The highest BCUT2D eigenvalue weighted by atomic mass is 79.9. The standard InChI is InChI=1S/C21H18BrF3N4O/c1-30-19-5-3-15(22)8-16(19)18-4-2-13(9-26-18)11-29-7-6-17-14(12-29)10-27-20(28-17)21(23,24)25/h2-5,8-10H,6-7,11-12H2,1H3. The molecule has 0 amide bonds. The van der Waals surface area contributed by atoms with Gasteiger partial charge in [0.2, 0.25) is 5.82 Å². The molecule has 0 N–H and O–H groups in total. The Morgan fingerprint density at radius 3 is 2.67 bits per heavy atom. The molecule has 1 aromatic carbocycles.